The van der Waals surface area contributed by atoms with E-state index in [0.29, 0.717) is 5.41 Å². The average molecular weight is 134 g/mol. The highest BCUT2D eigenvalue weighted by Gasteiger charge is 2.49. The second kappa shape index (κ2) is 1.55. The van der Waals surface area contributed by atoms with Crippen LogP contribution >= 0.6 is 0 Å². The molecule has 3 aliphatic carbocycles. The molecule has 1 fully saturated rings. The molecule has 3 rings (SSSR count). The molecule has 3 aliphatic rings. The Morgan fingerprint density at radius 1 is 1.60 bits per heavy atom. The number of hydrogen-bond acceptors (Lipinski definition) is 0. The molecule has 0 heteroatoms. The van der Waals surface area contributed by atoms with Gasteiger partial charge in [-0.3, -0.25) is 0 Å². The van der Waals surface area contributed by atoms with Gasteiger partial charge in [0.1, 0.15) is 0 Å². The average Bonchev–Trinajstić information content (AvgIpc) is 1.87. The number of rotatable bonds is 0. The van der Waals surface area contributed by atoms with Crippen molar-refractivity contribution in [2.45, 2.75) is 20.3 Å². The smallest absolute Gasteiger partial charge is 0.0105 e. The van der Waals surface area contributed by atoms with Crippen molar-refractivity contribution in [1.82, 2.24) is 0 Å². The van der Waals surface area contributed by atoms with Crippen LogP contribution in [0.5, 0.6) is 0 Å². The predicted octanol–water partition coefficient (Wildman–Crippen LogP) is 2.77. The van der Waals surface area contributed by atoms with Crippen LogP contribution in [-0.2, 0) is 0 Å². The summed E-state index contributed by atoms with van der Waals surface area (Å²) in [4.78, 5) is 0. The summed E-state index contributed by atoms with van der Waals surface area (Å²) in [7, 11) is 0. The third kappa shape index (κ3) is 0.524. The van der Waals surface area contributed by atoms with E-state index in [1.165, 1.54) is 12.0 Å². The summed E-state index contributed by atoms with van der Waals surface area (Å²) in [5.74, 6) is 1.62. The van der Waals surface area contributed by atoms with Gasteiger partial charge in [-0.2, -0.15) is 0 Å². The first-order chi connectivity index (χ1) is 4.62. The van der Waals surface area contributed by atoms with Gasteiger partial charge in [0.25, 0.3) is 0 Å². The van der Waals surface area contributed by atoms with Gasteiger partial charge in [-0.15, -0.1) is 0 Å². The second-order valence-corrected chi connectivity index (χ2v) is 4.15. The lowest BCUT2D eigenvalue weighted by Crippen LogP contribution is -2.46. The Morgan fingerprint density at radius 3 is 2.60 bits per heavy atom. The van der Waals surface area contributed by atoms with Gasteiger partial charge >= 0.3 is 0 Å². The Labute approximate surface area is 62.6 Å². The van der Waals surface area contributed by atoms with Gasteiger partial charge in [0, 0.05) is 0 Å². The van der Waals surface area contributed by atoms with Gasteiger partial charge in [-0.05, 0) is 23.7 Å². The largest absolute Gasteiger partial charge is 0.0955 e. The molecule has 0 aromatic heterocycles. The van der Waals surface area contributed by atoms with E-state index in [0.717, 1.165) is 11.8 Å². The molecule has 0 unspecified atom stereocenters. The minimum absolute atomic E-state index is 0.520. The Hall–Kier alpha value is -0.520. The molecule has 0 nitrogen and oxygen atoms in total. The molecule has 0 N–H and O–H groups in total. The zero-order valence-corrected chi connectivity index (χ0v) is 6.72. The standard InChI is InChI=1S/C10H14/c1-7-4-5-8-6-9(7)10(8,2)3/h4-5,8-9H,1,6H2,2-3H3/t8-,9-/m0/s1. The van der Waals surface area contributed by atoms with Gasteiger partial charge in [0.2, 0.25) is 0 Å². The van der Waals surface area contributed by atoms with Crippen LogP contribution in [0.15, 0.2) is 24.3 Å². The summed E-state index contributed by atoms with van der Waals surface area (Å²) in [6.45, 7) is 8.74. The Balaban J connectivity index is 2.37. The molecule has 0 aromatic rings. The molecule has 2 bridgehead atoms. The number of hydrogen-bond donors (Lipinski definition) is 0. The van der Waals surface area contributed by atoms with E-state index in [1.807, 2.05) is 0 Å². The van der Waals surface area contributed by atoms with Crippen LogP contribution in [0.3, 0.4) is 0 Å². The van der Waals surface area contributed by atoms with E-state index >= 15 is 0 Å². The van der Waals surface area contributed by atoms with Crippen LogP contribution in [0, 0.1) is 17.3 Å². The van der Waals surface area contributed by atoms with Crippen LogP contribution in [0.1, 0.15) is 20.3 Å². The third-order valence-corrected chi connectivity index (χ3v) is 3.33. The first kappa shape index (κ1) is 6.21. The predicted molar refractivity (Wildman–Crippen MR) is 43.7 cm³/mol. The molecule has 0 aromatic carbocycles. The zero-order chi connectivity index (χ0) is 7.35. The Morgan fingerprint density at radius 2 is 2.30 bits per heavy atom. The van der Waals surface area contributed by atoms with Crippen LogP contribution < -0.4 is 0 Å². The van der Waals surface area contributed by atoms with Gasteiger partial charge in [0.15, 0.2) is 0 Å². The highest BCUT2D eigenvalue weighted by Crippen LogP contribution is 2.57. The van der Waals surface area contributed by atoms with Gasteiger partial charge < -0.3 is 0 Å². The Kier molecular flexibility index (Phi) is 0.964. The zero-order valence-electron chi connectivity index (χ0n) is 6.72. The van der Waals surface area contributed by atoms with Gasteiger partial charge in [0.05, 0.1) is 0 Å². The summed E-state index contributed by atoms with van der Waals surface area (Å²) in [5.41, 5.74) is 1.86. The molecule has 0 heterocycles. The fraction of sp³-hybridized carbons (Fsp3) is 0.600. The lowest BCUT2D eigenvalue weighted by atomic mass is 9.50. The summed E-state index contributed by atoms with van der Waals surface area (Å²) in [5, 5.41) is 0. The molecular formula is C10H14. The van der Waals surface area contributed by atoms with Crippen LogP contribution in [-0.4, -0.2) is 0 Å². The van der Waals surface area contributed by atoms with Crippen molar-refractivity contribution in [2.24, 2.45) is 17.3 Å². The maximum atomic E-state index is 4.04. The third-order valence-electron chi connectivity index (χ3n) is 3.33. The van der Waals surface area contributed by atoms with Crippen molar-refractivity contribution in [3.8, 4) is 0 Å². The molecule has 10 heavy (non-hydrogen) atoms. The SMILES string of the molecule is C=C1C=C[C@H]2C[C@@H]1C2(C)C. The van der Waals surface area contributed by atoms with Crippen molar-refractivity contribution < 1.29 is 0 Å². The van der Waals surface area contributed by atoms with E-state index < -0.39 is 0 Å². The van der Waals surface area contributed by atoms with Crippen molar-refractivity contribution >= 4 is 0 Å². The molecule has 0 aliphatic heterocycles. The molecule has 2 atom stereocenters. The second-order valence-electron chi connectivity index (χ2n) is 4.15. The maximum Gasteiger partial charge on any atom is -0.0105 e. The van der Waals surface area contributed by atoms with E-state index in [4.69, 9.17) is 0 Å². The Bertz CT molecular complexity index is 208. The first-order valence-electron chi connectivity index (χ1n) is 3.99. The summed E-state index contributed by atoms with van der Waals surface area (Å²) in [6.07, 6.45) is 5.87. The monoisotopic (exact) mass is 134 g/mol. The lowest BCUT2D eigenvalue weighted by molar-refractivity contribution is 0.0335. The molecular weight excluding hydrogens is 120 g/mol. The van der Waals surface area contributed by atoms with Crippen LogP contribution in [0.2, 0.25) is 0 Å². The molecule has 0 amide bonds. The molecule has 0 radical (unpaired) electrons. The van der Waals surface area contributed by atoms with Crippen molar-refractivity contribution in [1.29, 1.82) is 0 Å². The molecule has 54 valence electrons. The first-order valence-corrected chi connectivity index (χ1v) is 3.99. The highest BCUT2D eigenvalue weighted by molar-refractivity contribution is 5.32. The lowest BCUT2D eigenvalue weighted by Gasteiger charge is -2.54. The van der Waals surface area contributed by atoms with E-state index in [1.54, 1.807) is 0 Å². The van der Waals surface area contributed by atoms with Crippen molar-refractivity contribution in [3.05, 3.63) is 24.3 Å². The van der Waals surface area contributed by atoms with E-state index in [-0.39, 0.29) is 0 Å². The normalized spacial score (nSPS) is 41.2. The fourth-order valence-electron chi connectivity index (χ4n) is 2.27. The maximum absolute atomic E-state index is 4.04. The quantitative estimate of drug-likeness (QED) is 0.478. The van der Waals surface area contributed by atoms with E-state index in [2.05, 4.69) is 32.6 Å². The molecule has 0 spiro atoms. The van der Waals surface area contributed by atoms with Crippen molar-refractivity contribution in [2.75, 3.05) is 0 Å². The number of fused-ring (bicyclic) bond motifs is 1. The minimum atomic E-state index is 0.520. The summed E-state index contributed by atoms with van der Waals surface area (Å²) in [6, 6.07) is 0. The van der Waals surface area contributed by atoms with Crippen LogP contribution in [0.4, 0.5) is 0 Å². The topological polar surface area (TPSA) is 0 Å². The van der Waals surface area contributed by atoms with Gasteiger partial charge in [-0.25, -0.2) is 0 Å². The molecule has 0 saturated heterocycles. The van der Waals surface area contributed by atoms with E-state index in [9.17, 15) is 0 Å². The number of allylic oxidation sites excluding steroid dienone is 3. The fourth-order valence-corrected chi connectivity index (χ4v) is 2.27. The summed E-state index contributed by atoms with van der Waals surface area (Å²) < 4.78 is 0. The molecule has 1 saturated carbocycles. The highest BCUT2D eigenvalue weighted by atomic mass is 14.5. The van der Waals surface area contributed by atoms with Gasteiger partial charge in [-0.1, -0.05) is 38.2 Å². The van der Waals surface area contributed by atoms with Crippen LogP contribution in [0.25, 0.3) is 0 Å². The van der Waals surface area contributed by atoms with Crippen molar-refractivity contribution in [3.63, 3.8) is 0 Å². The minimum Gasteiger partial charge on any atom is -0.0955 e. The summed E-state index contributed by atoms with van der Waals surface area (Å²) >= 11 is 0.